The first kappa shape index (κ1) is 17.4. The smallest absolute Gasteiger partial charge is 0.146 e. The molecule has 0 aromatic carbocycles. The molecule has 19 heavy (non-hydrogen) atoms. The number of hydrogen-bond donors (Lipinski definition) is 3. The van der Waals surface area contributed by atoms with E-state index in [1.165, 1.54) is 26.1 Å². The van der Waals surface area contributed by atoms with Gasteiger partial charge in [-0.3, -0.25) is 4.99 Å². The van der Waals surface area contributed by atoms with Gasteiger partial charge in [0, 0.05) is 24.9 Å². The van der Waals surface area contributed by atoms with Crippen LogP contribution in [-0.4, -0.2) is 24.1 Å². The van der Waals surface area contributed by atoms with Crippen LogP contribution in [0, 0.1) is 11.3 Å². The number of nitrogens with two attached hydrogens (primary N) is 2. The van der Waals surface area contributed by atoms with Gasteiger partial charge in [-0.1, -0.05) is 13.8 Å². The second kappa shape index (κ2) is 7.71. The minimum atomic E-state index is -1.69. The molecule has 0 bridgehead atoms. The standard InChI is InChI=1S/C14H25FN4/c1-10(2)8-19-9-11(7-16)5-12(17)6-13(18)14(3,4)15/h6-7,9-10,18H,5,8,16-17H2,1-4H3/b11-7?,12-6-,18-13?,19-9?. The van der Waals surface area contributed by atoms with Crippen LogP contribution in [0.4, 0.5) is 4.39 Å². The quantitative estimate of drug-likeness (QED) is 0.619. The van der Waals surface area contributed by atoms with Crippen LogP contribution in [0.3, 0.4) is 0 Å². The van der Waals surface area contributed by atoms with E-state index in [1.54, 1.807) is 6.21 Å². The lowest BCUT2D eigenvalue weighted by molar-refractivity contribution is 0.313. The summed E-state index contributed by atoms with van der Waals surface area (Å²) in [4.78, 5) is 4.24. The Morgan fingerprint density at radius 3 is 2.42 bits per heavy atom. The molecule has 0 unspecified atom stereocenters. The number of hydrogen-bond acceptors (Lipinski definition) is 4. The average Bonchev–Trinajstić information content (AvgIpc) is 2.25. The average molecular weight is 268 g/mol. The Hall–Kier alpha value is -1.65. The van der Waals surface area contributed by atoms with E-state index in [1.807, 2.05) is 0 Å². The van der Waals surface area contributed by atoms with Gasteiger partial charge in [-0.2, -0.15) is 0 Å². The molecule has 0 saturated heterocycles. The van der Waals surface area contributed by atoms with E-state index in [0.29, 0.717) is 24.6 Å². The van der Waals surface area contributed by atoms with E-state index < -0.39 is 5.67 Å². The summed E-state index contributed by atoms with van der Waals surface area (Å²) in [5, 5.41) is 7.55. The largest absolute Gasteiger partial charge is 0.404 e. The van der Waals surface area contributed by atoms with Crippen LogP contribution >= 0.6 is 0 Å². The van der Waals surface area contributed by atoms with Gasteiger partial charge in [-0.25, -0.2) is 4.39 Å². The molecule has 0 atom stereocenters. The summed E-state index contributed by atoms with van der Waals surface area (Å²) in [6.45, 7) is 7.50. The first-order valence-corrected chi connectivity index (χ1v) is 6.31. The van der Waals surface area contributed by atoms with Gasteiger partial charge in [0.15, 0.2) is 0 Å². The number of nitrogens with one attached hydrogen (secondary N) is 1. The van der Waals surface area contributed by atoms with Crippen LogP contribution in [-0.2, 0) is 0 Å². The monoisotopic (exact) mass is 268 g/mol. The van der Waals surface area contributed by atoms with Crippen LogP contribution in [0.5, 0.6) is 0 Å². The van der Waals surface area contributed by atoms with Gasteiger partial charge in [0.2, 0.25) is 0 Å². The molecule has 5 heteroatoms. The normalized spacial score (nSPS) is 14.4. The van der Waals surface area contributed by atoms with Crippen molar-refractivity contribution in [3.63, 3.8) is 0 Å². The van der Waals surface area contributed by atoms with E-state index in [0.717, 1.165) is 5.57 Å². The molecule has 5 N–H and O–H groups in total. The van der Waals surface area contributed by atoms with Crippen molar-refractivity contribution in [1.82, 2.24) is 0 Å². The molecular formula is C14H25FN4. The fourth-order valence-corrected chi connectivity index (χ4v) is 1.17. The highest BCUT2D eigenvalue weighted by Crippen LogP contribution is 2.13. The van der Waals surface area contributed by atoms with Gasteiger partial charge < -0.3 is 16.9 Å². The van der Waals surface area contributed by atoms with Crippen LogP contribution in [0.25, 0.3) is 0 Å². The molecule has 0 aliphatic heterocycles. The zero-order valence-corrected chi connectivity index (χ0v) is 12.2. The number of rotatable bonds is 7. The number of allylic oxidation sites excluding steroid dienone is 2. The highest BCUT2D eigenvalue weighted by molar-refractivity contribution is 5.99. The summed E-state index contributed by atoms with van der Waals surface area (Å²) in [6.07, 6.45) is 4.79. The van der Waals surface area contributed by atoms with Gasteiger partial charge >= 0.3 is 0 Å². The Labute approximate surface area is 115 Å². The van der Waals surface area contributed by atoms with E-state index in [4.69, 9.17) is 16.9 Å². The number of aliphatic imine (C=N–C) groups is 1. The Balaban J connectivity index is 4.61. The topological polar surface area (TPSA) is 88.2 Å². The Morgan fingerprint density at radius 1 is 1.42 bits per heavy atom. The van der Waals surface area contributed by atoms with Gasteiger partial charge in [0.05, 0.1) is 5.71 Å². The molecule has 108 valence electrons. The second-order valence-corrected chi connectivity index (χ2v) is 5.41. The molecule has 0 spiro atoms. The molecule has 0 aromatic heterocycles. The molecule has 0 aliphatic carbocycles. The molecule has 0 amide bonds. The molecule has 0 aliphatic rings. The predicted molar refractivity (Wildman–Crippen MR) is 80.3 cm³/mol. The highest BCUT2D eigenvalue weighted by atomic mass is 19.1. The molecule has 0 fully saturated rings. The number of halogens is 1. The predicted octanol–water partition coefficient (Wildman–Crippen LogP) is 2.56. The Morgan fingerprint density at radius 2 is 2.00 bits per heavy atom. The third kappa shape index (κ3) is 8.13. The lowest BCUT2D eigenvalue weighted by atomic mass is 10.0. The fourth-order valence-electron chi connectivity index (χ4n) is 1.17. The van der Waals surface area contributed by atoms with Crippen LogP contribution in [0.15, 0.2) is 28.5 Å². The molecule has 0 aromatic rings. The zero-order chi connectivity index (χ0) is 15.1. The van der Waals surface area contributed by atoms with Gasteiger partial charge in [0.1, 0.15) is 5.67 Å². The molecule has 0 saturated carbocycles. The van der Waals surface area contributed by atoms with E-state index in [9.17, 15) is 4.39 Å². The van der Waals surface area contributed by atoms with Gasteiger partial charge in [-0.05, 0) is 37.6 Å². The van der Waals surface area contributed by atoms with E-state index >= 15 is 0 Å². The van der Waals surface area contributed by atoms with Crippen molar-refractivity contribution in [2.75, 3.05) is 6.54 Å². The summed E-state index contributed by atoms with van der Waals surface area (Å²) < 4.78 is 13.5. The van der Waals surface area contributed by atoms with Gasteiger partial charge in [-0.15, -0.1) is 0 Å². The molecule has 0 radical (unpaired) electrons. The van der Waals surface area contributed by atoms with Crippen molar-refractivity contribution >= 4 is 11.9 Å². The summed E-state index contributed by atoms with van der Waals surface area (Å²) in [5.41, 5.74) is 10.6. The maximum absolute atomic E-state index is 13.5. The Kier molecular flexibility index (Phi) is 7.04. The van der Waals surface area contributed by atoms with Crippen molar-refractivity contribution in [2.45, 2.75) is 39.8 Å². The first-order valence-electron chi connectivity index (χ1n) is 6.31. The van der Waals surface area contributed by atoms with E-state index in [2.05, 4.69) is 18.8 Å². The fraction of sp³-hybridized carbons (Fsp3) is 0.571. The minimum absolute atomic E-state index is 0.152. The van der Waals surface area contributed by atoms with Crippen LogP contribution in [0.2, 0.25) is 0 Å². The molecule has 0 heterocycles. The third-order valence-corrected chi connectivity index (χ3v) is 2.32. The summed E-state index contributed by atoms with van der Waals surface area (Å²) in [7, 11) is 0. The second-order valence-electron chi connectivity index (χ2n) is 5.41. The lowest BCUT2D eigenvalue weighted by Crippen LogP contribution is -2.24. The number of alkyl halides is 1. The summed E-state index contributed by atoms with van der Waals surface area (Å²) >= 11 is 0. The summed E-state index contributed by atoms with van der Waals surface area (Å²) in [6, 6.07) is 0. The number of nitrogens with zero attached hydrogens (tertiary/aromatic N) is 1. The molecule has 4 nitrogen and oxygen atoms in total. The minimum Gasteiger partial charge on any atom is -0.404 e. The van der Waals surface area contributed by atoms with Crippen molar-refractivity contribution in [3.8, 4) is 0 Å². The van der Waals surface area contributed by atoms with Crippen molar-refractivity contribution in [2.24, 2.45) is 22.4 Å². The van der Waals surface area contributed by atoms with Crippen molar-refractivity contribution in [3.05, 3.63) is 23.5 Å². The van der Waals surface area contributed by atoms with Gasteiger partial charge in [0.25, 0.3) is 0 Å². The summed E-state index contributed by atoms with van der Waals surface area (Å²) in [5.74, 6) is 0.476. The first-order chi connectivity index (χ1) is 8.66. The van der Waals surface area contributed by atoms with Crippen molar-refractivity contribution in [1.29, 1.82) is 5.41 Å². The Bertz CT molecular complexity index is 387. The molecule has 0 rings (SSSR count). The zero-order valence-electron chi connectivity index (χ0n) is 12.2. The third-order valence-electron chi connectivity index (χ3n) is 2.32. The van der Waals surface area contributed by atoms with E-state index in [-0.39, 0.29) is 5.71 Å². The SMILES string of the molecule is CC(C)CN=CC(=CN)C/C(N)=C/C(=N)C(C)(C)F. The van der Waals surface area contributed by atoms with Crippen LogP contribution < -0.4 is 11.5 Å². The molecular weight excluding hydrogens is 243 g/mol. The lowest BCUT2D eigenvalue weighted by Gasteiger charge is -2.13. The highest BCUT2D eigenvalue weighted by Gasteiger charge is 2.20. The maximum Gasteiger partial charge on any atom is 0.146 e. The van der Waals surface area contributed by atoms with Crippen molar-refractivity contribution < 1.29 is 4.39 Å². The van der Waals surface area contributed by atoms with Crippen LogP contribution in [0.1, 0.15) is 34.1 Å². The maximum atomic E-state index is 13.5.